The normalized spacial score (nSPS) is 51.3. The average Bonchev–Trinajstić information content (AvgIpc) is 2.67. The van der Waals surface area contributed by atoms with Gasteiger partial charge in [0.15, 0.2) is 0 Å². The number of carboxylic acid groups (broad SMARTS) is 1. The van der Waals surface area contributed by atoms with Crippen LogP contribution in [0.25, 0.3) is 0 Å². The van der Waals surface area contributed by atoms with Crippen molar-refractivity contribution < 1.29 is 9.90 Å². The molecule has 0 radical (unpaired) electrons. The minimum absolute atomic E-state index is 0.121. The minimum atomic E-state index is -0.650. The van der Waals surface area contributed by atoms with Crippen molar-refractivity contribution in [1.29, 1.82) is 0 Å². The van der Waals surface area contributed by atoms with Gasteiger partial charge in [0.05, 0.1) is 5.41 Å². The zero-order valence-electron chi connectivity index (χ0n) is 21.9. The highest BCUT2D eigenvalue weighted by molar-refractivity contribution is 5.81. The zero-order chi connectivity index (χ0) is 23.4. The molecular weight excluding hydrogens is 392 g/mol. The highest BCUT2D eigenvalue weighted by atomic mass is 16.4. The van der Waals surface area contributed by atoms with Gasteiger partial charge in [-0.1, -0.05) is 66.5 Å². The second-order valence-corrected chi connectivity index (χ2v) is 15.1. The molecule has 2 heteroatoms. The Morgan fingerprint density at radius 1 is 0.875 bits per heavy atom. The van der Waals surface area contributed by atoms with Crippen molar-refractivity contribution in [3.8, 4) is 0 Å². The fraction of sp³-hybridized carbons (Fsp3) is 0.900. The van der Waals surface area contributed by atoms with Crippen molar-refractivity contribution in [3.05, 3.63) is 11.6 Å². The van der Waals surface area contributed by atoms with Crippen molar-refractivity contribution >= 4 is 5.97 Å². The first-order chi connectivity index (χ1) is 14.7. The van der Waals surface area contributed by atoms with Gasteiger partial charge in [0.1, 0.15) is 0 Å². The molecule has 0 heterocycles. The Hall–Kier alpha value is -0.790. The van der Waals surface area contributed by atoms with Crippen molar-refractivity contribution in [2.24, 2.45) is 50.2 Å². The molecule has 4 saturated carbocycles. The number of allylic oxidation sites excluding steroid dienone is 1. The van der Waals surface area contributed by atoms with E-state index in [4.69, 9.17) is 0 Å². The summed E-state index contributed by atoms with van der Waals surface area (Å²) in [6.45, 7) is 17.3. The van der Waals surface area contributed by atoms with Crippen LogP contribution in [0.15, 0.2) is 11.6 Å². The molecule has 2 nitrogen and oxygen atoms in total. The molecule has 0 bridgehead atoms. The van der Waals surface area contributed by atoms with Crippen LogP contribution in [0, 0.1) is 50.2 Å². The lowest BCUT2D eigenvalue weighted by molar-refractivity contribution is -0.200. The maximum atomic E-state index is 13.5. The van der Waals surface area contributed by atoms with Gasteiger partial charge in [-0.3, -0.25) is 4.79 Å². The van der Waals surface area contributed by atoms with Crippen LogP contribution in [0.3, 0.4) is 0 Å². The molecule has 0 spiro atoms. The van der Waals surface area contributed by atoms with E-state index in [9.17, 15) is 9.90 Å². The molecule has 180 valence electrons. The average molecular weight is 441 g/mol. The second kappa shape index (κ2) is 6.66. The fourth-order valence-electron chi connectivity index (χ4n) is 10.7. The van der Waals surface area contributed by atoms with E-state index in [-0.39, 0.29) is 16.2 Å². The lowest BCUT2D eigenvalue weighted by atomic mass is 9.33. The number of rotatable bonds is 1. The predicted octanol–water partition coefficient (Wildman–Crippen LogP) is 8.26. The first-order valence-corrected chi connectivity index (χ1v) is 13.7. The molecule has 0 aliphatic heterocycles. The topological polar surface area (TPSA) is 37.3 Å². The molecule has 0 aromatic rings. The molecule has 32 heavy (non-hydrogen) atoms. The first-order valence-electron chi connectivity index (χ1n) is 13.7. The zero-order valence-corrected chi connectivity index (χ0v) is 21.9. The summed E-state index contributed by atoms with van der Waals surface area (Å²) < 4.78 is 0. The van der Waals surface area contributed by atoms with Crippen LogP contribution in [-0.4, -0.2) is 11.1 Å². The molecule has 0 saturated heterocycles. The van der Waals surface area contributed by atoms with Crippen LogP contribution >= 0.6 is 0 Å². The maximum Gasteiger partial charge on any atom is 0.314 e. The van der Waals surface area contributed by atoms with Crippen molar-refractivity contribution in [3.63, 3.8) is 0 Å². The monoisotopic (exact) mass is 440 g/mol. The second-order valence-electron chi connectivity index (χ2n) is 15.1. The standard InChI is InChI=1S/C30H48O2/c1-25(2)15-16-27(5)17-18-30(24(31)32)20(21(27)19-25)9-10-23-28(6)13-8-12-26(3,4)22(28)11-14-29(23,30)7/h9,21-23H,8,10-19H2,1-7H3,(H,31,32)/t21-,22?,23-,27-,28+,29-,30-/m1/s1. The smallest absolute Gasteiger partial charge is 0.314 e. The van der Waals surface area contributed by atoms with Gasteiger partial charge in [-0.2, -0.15) is 0 Å². The molecule has 0 aromatic carbocycles. The van der Waals surface area contributed by atoms with Gasteiger partial charge < -0.3 is 5.11 Å². The van der Waals surface area contributed by atoms with Crippen LogP contribution in [0.1, 0.15) is 119 Å². The Kier molecular flexibility index (Phi) is 4.78. The quantitative estimate of drug-likeness (QED) is 0.417. The molecular formula is C30H48O2. The number of fused-ring (bicyclic) bond motifs is 7. The summed E-state index contributed by atoms with van der Waals surface area (Å²) in [7, 11) is 0. The van der Waals surface area contributed by atoms with Crippen LogP contribution in [-0.2, 0) is 4.79 Å². The van der Waals surface area contributed by atoms with Gasteiger partial charge in [0, 0.05) is 0 Å². The number of carbonyl (C=O) groups is 1. The van der Waals surface area contributed by atoms with E-state index in [1.54, 1.807) is 0 Å². The third-order valence-electron chi connectivity index (χ3n) is 12.6. The van der Waals surface area contributed by atoms with E-state index in [0.29, 0.717) is 22.7 Å². The molecule has 1 unspecified atom stereocenters. The molecule has 7 atom stereocenters. The van der Waals surface area contributed by atoms with E-state index >= 15 is 0 Å². The fourth-order valence-corrected chi connectivity index (χ4v) is 10.7. The number of aliphatic carboxylic acids is 1. The molecule has 0 amide bonds. The van der Waals surface area contributed by atoms with Crippen molar-refractivity contribution in [1.82, 2.24) is 0 Å². The number of carboxylic acids is 1. The third-order valence-corrected chi connectivity index (χ3v) is 12.6. The first kappa shape index (κ1) is 23.0. The molecule has 5 rings (SSSR count). The Morgan fingerprint density at radius 3 is 2.25 bits per heavy atom. The summed E-state index contributed by atoms with van der Waals surface area (Å²) in [5, 5.41) is 11.1. The lowest BCUT2D eigenvalue weighted by Gasteiger charge is -2.70. The largest absolute Gasteiger partial charge is 0.481 e. The molecule has 5 aliphatic carbocycles. The minimum Gasteiger partial charge on any atom is -0.481 e. The summed E-state index contributed by atoms with van der Waals surface area (Å²) in [6.07, 6.45) is 15.5. The van der Waals surface area contributed by atoms with Crippen LogP contribution in [0.5, 0.6) is 0 Å². The molecule has 4 fully saturated rings. The number of hydrogen-bond donors (Lipinski definition) is 1. The Bertz CT molecular complexity index is 851. The Morgan fingerprint density at radius 2 is 1.56 bits per heavy atom. The molecule has 1 N–H and O–H groups in total. The van der Waals surface area contributed by atoms with Gasteiger partial charge in [-0.05, 0) is 109 Å². The van der Waals surface area contributed by atoms with Gasteiger partial charge in [0.25, 0.3) is 0 Å². The van der Waals surface area contributed by atoms with E-state index < -0.39 is 11.4 Å². The highest BCUT2D eigenvalue weighted by Crippen LogP contribution is 2.75. The van der Waals surface area contributed by atoms with Crippen molar-refractivity contribution in [2.75, 3.05) is 0 Å². The number of hydrogen-bond acceptors (Lipinski definition) is 1. The summed E-state index contributed by atoms with van der Waals surface area (Å²) in [5.41, 5.74) is 1.85. The predicted molar refractivity (Wildman–Crippen MR) is 131 cm³/mol. The third kappa shape index (κ3) is 2.73. The van der Waals surface area contributed by atoms with E-state index in [1.165, 1.54) is 44.1 Å². The Labute approximate surface area is 197 Å². The summed E-state index contributed by atoms with van der Waals surface area (Å²) >= 11 is 0. The van der Waals surface area contributed by atoms with E-state index in [0.717, 1.165) is 38.0 Å². The van der Waals surface area contributed by atoms with Gasteiger partial charge in [-0.15, -0.1) is 0 Å². The highest BCUT2D eigenvalue weighted by Gasteiger charge is 2.71. The summed E-state index contributed by atoms with van der Waals surface area (Å²) in [6, 6.07) is 0. The maximum absolute atomic E-state index is 13.5. The van der Waals surface area contributed by atoms with Crippen molar-refractivity contribution in [2.45, 2.75) is 119 Å². The summed E-state index contributed by atoms with van der Waals surface area (Å²) in [4.78, 5) is 13.5. The summed E-state index contributed by atoms with van der Waals surface area (Å²) in [5.74, 6) is 1.17. The van der Waals surface area contributed by atoms with E-state index in [1.807, 2.05) is 0 Å². The van der Waals surface area contributed by atoms with Gasteiger partial charge in [0.2, 0.25) is 0 Å². The molecule has 5 aliphatic rings. The lowest BCUT2D eigenvalue weighted by Crippen LogP contribution is -2.65. The Balaban J connectivity index is 1.65. The molecule has 0 aromatic heterocycles. The van der Waals surface area contributed by atoms with Crippen LogP contribution < -0.4 is 0 Å². The van der Waals surface area contributed by atoms with E-state index in [2.05, 4.69) is 54.5 Å². The van der Waals surface area contributed by atoms with Gasteiger partial charge >= 0.3 is 5.97 Å². The SMILES string of the molecule is CC1(C)CC[C@]2(C)CC[C@]3(C(=O)O)C(=CC[C@@H]4[C@@]5(C)CCCC(C)(C)C5CC[C@]43C)[C@H]2C1. The van der Waals surface area contributed by atoms with Crippen LogP contribution in [0.2, 0.25) is 0 Å². The van der Waals surface area contributed by atoms with Crippen LogP contribution in [0.4, 0.5) is 0 Å². The van der Waals surface area contributed by atoms with Gasteiger partial charge in [-0.25, -0.2) is 0 Å².